The topological polar surface area (TPSA) is 46.9 Å². The van der Waals surface area contributed by atoms with Gasteiger partial charge in [-0.15, -0.1) is 11.8 Å². The number of rotatable bonds is 3. The second-order valence-electron chi connectivity index (χ2n) is 2.12. The first kappa shape index (κ1) is 10.3. The SMILES string of the molecule is CS/C=C/C(=O)Nn1cc(Br)cn1. The molecular formula is C7H8BrN3OS. The van der Waals surface area contributed by atoms with E-state index in [1.54, 1.807) is 17.8 Å². The normalized spacial score (nSPS) is 10.6. The molecule has 0 bridgehead atoms. The smallest absolute Gasteiger partial charge is 0.264 e. The van der Waals surface area contributed by atoms with E-state index in [9.17, 15) is 4.79 Å². The Balaban J connectivity index is 2.50. The first-order chi connectivity index (χ1) is 6.22. The minimum absolute atomic E-state index is 0.204. The number of hydrogen-bond acceptors (Lipinski definition) is 3. The summed E-state index contributed by atoms with van der Waals surface area (Å²) in [4.78, 5) is 12.4. The van der Waals surface area contributed by atoms with Gasteiger partial charge < -0.3 is 0 Å². The van der Waals surface area contributed by atoms with Crippen molar-refractivity contribution in [3.8, 4) is 0 Å². The molecule has 6 heteroatoms. The van der Waals surface area contributed by atoms with Crippen LogP contribution in [0.4, 0.5) is 0 Å². The van der Waals surface area contributed by atoms with E-state index < -0.39 is 0 Å². The molecule has 0 spiro atoms. The zero-order chi connectivity index (χ0) is 9.68. The lowest BCUT2D eigenvalue weighted by molar-refractivity contribution is -0.112. The number of nitrogens with zero attached hydrogens (tertiary/aromatic N) is 2. The second kappa shape index (κ2) is 5.08. The van der Waals surface area contributed by atoms with Gasteiger partial charge in [0.05, 0.1) is 16.9 Å². The van der Waals surface area contributed by atoms with E-state index in [0.29, 0.717) is 0 Å². The number of carbonyl (C=O) groups is 1. The Morgan fingerprint density at radius 2 is 2.62 bits per heavy atom. The molecule has 0 aromatic carbocycles. The molecule has 0 aliphatic rings. The number of aromatic nitrogens is 2. The van der Waals surface area contributed by atoms with Crippen LogP contribution in [0.5, 0.6) is 0 Å². The second-order valence-corrected chi connectivity index (χ2v) is 3.78. The van der Waals surface area contributed by atoms with Crippen LogP contribution in [-0.2, 0) is 4.79 Å². The van der Waals surface area contributed by atoms with Gasteiger partial charge in [0, 0.05) is 6.08 Å². The van der Waals surface area contributed by atoms with Gasteiger partial charge in [-0.25, -0.2) is 5.43 Å². The van der Waals surface area contributed by atoms with Crippen LogP contribution in [0.1, 0.15) is 0 Å². The summed E-state index contributed by atoms with van der Waals surface area (Å²) >= 11 is 4.68. The van der Waals surface area contributed by atoms with Gasteiger partial charge in [0.15, 0.2) is 0 Å². The molecule has 0 aliphatic heterocycles. The van der Waals surface area contributed by atoms with Gasteiger partial charge >= 0.3 is 0 Å². The molecule has 1 heterocycles. The highest BCUT2D eigenvalue weighted by Crippen LogP contribution is 2.04. The molecule has 0 saturated carbocycles. The van der Waals surface area contributed by atoms with E-state index in [4.69, 9.17) is 0 Å². The Hall–Kier alpha value is -0.750. The highest BCUT2D eigenvalue weighted by atomic mass is 79.9. The number of carbonyl (C=O) groups excluding carboxylic acids is 1. The molecule has 70 valence electrons. The van der Waals surface area contributed by atoms with Crippen molar-refractivity contribution in [2.45, 2.75) is 0 Å². The third-order valence-electron chi connectivity index (χ3n) is 1.13. The largest absolute Gasteiger partial charge is 0.268 e. The molecule has 0 fully saturated rings. The standard InChI is InChI=1S/C7H8BrN3OS/c1-13-3-2-7(12)10-11-5-6(8)4-9-11/h2-5H,1H3,(H,10,12)/b3-2+. The van der Waals surface area contributed by atoms with Crippen LogP contribution in [0.2, 0.25) is 0 Å². The molecule has 1 aromatic heterocycles. The van der Waals surface area contributed by atoms with Gasteiger partial charge in [-0.1, -0.05) is 0 Å². The maximum Gasteiger partial charge on any atom is 0.264 e. The molecule has 1 amide bonds. The van der Waals surface area contributed by atoms with Crippen molar-refractivity contribution in [2.24, 2.45) is 0 Å². The number of nitrogens with one attached hydrogen (secondary N) is 1. The summed E-state index contributed by atoms with van der Waals surface area (Å²) in [5.41, 5.74) is 2.53. The average Bonchev–Trinajstić information content (AvgIpc) is 2.48. The van der Waals surface area contributed by atoms with Crippen molar-refractivity contribution in [1.82, 2.24) is 9.89 Å². The monoisotopic (exact) mass is 261 g/mol. The molecule has 4 nitrogen and oxygen atoms in total. The summed E-state index contributed by atoms with van der Waals surface area (Å²) < 4.78 is 0.821. The molecule has 0 unspecified atom stereocenters. The van der Waals surface area contributed by atoms with Crippen LogP contribution >= 0.6 is 27.7 Å². The highest BCUT2D eigenvalue weighted by Gasteiger charge is 1.97. The Labute approximate surface area is 88.5 Å². The van der Waals surface area contributed by atoms with E-state index in [1.807, 2.05) is 6.26 Å². The van der Waals surface area contributed by atoms with Crippen LogP contribution in [0, 0.1) is 0 Å². The van der Waals surface area contributed by atoms with Gasteiger partial charge in [0.1, 0.15) is 0 Å². The maximum absolute atomic E-state index is 11.1. The minimum atomic E-state index is -0.204. The fraction of sp³-hybridized carbons (Fsp3) is 0.143. The third kappa shape index (κ3) is 3.65. The van der Waals surface area contributed by atoms with Gasteiger partial charge in [-0.05, 0) is 27.6 Å². The molecule has 13 heavy (non-hydrogen) atoms. The number of thioether (sulfide) groups is 1. The van der Waals surface area contributed by atoms with E-state index in [2.05, 4.69) is 26.5 Å². The molecule has 0 radical (unpaired) electrons. The summed E-state index contributed by atoms with van der Waals surface area (Å²) in [7, 11) is 0. The van der Waals surface area contributed by atoms with Crippen molar-refractivity contribution in [3.05, 3.63) is 28.4 Å². The Kier molecular flexibility index (Phi) is 4.04. The molecule has 1 N–H and O–H groups in total. The molecule has 0 saturated heterocycles. The third-order valence-corrected chi connectivity index (χ3v) is 1.95. The lowest BCUT2D eigenvalue weighted by atomic mass is 10.6. The van der Waals surface area contributed by atoms with Crippen LogP contribution in [0.25, 0.3) is 0 Å². The van der Waals surface area contributed by atoms with Crippen LogP contribution in [-0.4, -0.2) is 22.1 Å². The van der Waals surface area contributed by atoms with Crippen molar-refractivity contribution in [3.63, 3.8) is 0 Å². The zero-order valence-electron chi connectivity index (χ0n) is 6.90. The Morgan fingerprint density at radius 3 is 3.15 bits per heavy atom. The summed E-state index contributed by atoms with van der Waals surface area (Å²) in [6, 6.07) is 0. The van der Waals surface area contributed by atoms with Crippen molar-refractivity contribution < 1.29 is 4.79 Å². The van der Waals surface area contributed by atoms with Crippen molar-refractivity contribution in [1.29, 1.82) is 0 Å². The van der Waals surface area contributed by atoms with Gasteiger partial charge in [0.25, 0.3) is 5.91 Å². The predicted molar refractivity (Wildman–Crippen MR) is 56.9 cm³/mol. The molecule has 1 aromatic rings. The van der Waals surface area contributed by atoms with Crippen LogP contribution < -0.4 is 5.43 Å². The Morgan fingerprint density at radius 1 is 1.85 bits per heavy atom. The Bertz CT molecular complexity index is 323. The fourth-order valence-electron chi connectivity index (χ4n) is 0.642. The lowest BCUT2D eigenvalue weighted by Crippen LogP contribution is -2.20. The first-order valence-electron chi connectivity index (χ1n) is 3.43. The number of amides is 1. The van der Waals surface area contributed by atoms with Crippen molar-refractivity contribution >= 4 is 33.6 Å². The van der Waals surface area contributed by atoms with Crippen LogP contribution in [0.3, 0.4) is 0 Å². The van der Waals surface area contributed by atoms with Crippen molar-refractivity contribution in [2.75, 3.05) is 11.7 Å². The summed E-state index contributed by atoms with van der Waals surface area (Å²) in [6.45, 7) is 0. The highest BCUT2D eigenvalue weighted by molar-refractivity contribution is 9.10. The average molecular weight is 262 g/mol. The van der Waals surface area contributed by atoms with Gasteiger partial charge in [-0.3, -0.25) is 4.79 Å². The maximum atomic E-state index is 11.1. The number of halogens is 1. The lowest BCUT2D eigenvalue weighted by Gasteiger charge is -1.98. The van der Waals surface area contributed by atoms with E-state index in [-0.39, 0.29) is 5.91 Å². The van der Waals surface area contributed by atoms with E-state index >= 15 is 0 Å². The van der Waals surface area contributed by atoms with Crippen LogP contribution in [0.15, 0.2) is 28.4 Å². The summed E-state index contributed by atoms with van der Waals surface area (Å²) in [5.74, 6) is -0.204. The zero-order valence-corrected chi connectivity index (χ0v) is 9.30. The predicted octanol–water partition coefficient (Wildman–Crippen LogP) is 1.59. The minimum Gasteiger partial charge on any atom is -0.268 e. The molecule has 0 aliphatic carbocycles. The summed E-state index contributed by atoms with van der Waals surface area (Å²) in [5, 5.41) is 5.56. The summed E-state index contributed by atoms with van der Waals surface area (Å²) in [6.07, 6.45) is 6.58. The quantitative estimate of drug-likeness (QED) is 0.841. The van der Waals surface area contributed by atoms with E-state index in [1.165, 1.54) is 22.6 Å². The van der Waals surface area contributed by atoms with Gasteiger partial charge in [-0.2, -0.15) is 9.89 Å². The first-order valence-corrected chi connectivity index (χ1v) is 5.51. The number of hydrogen-bond donors (Lipinski definition) is 1. The molecule has 0 atom stereocenters. The van der Waals surface area contributed by atoms with E-state index in [0.717, 1.165) is 4.47 Å². The molecule has 1 rings (SSSR count). The van der Waals surface area contributed by atoms with Gasteiger partial charge in [0.2, 0.25) is 0 Å². The fourth-order valence-corrected chi connectivity index (χ4v) is 1.19. The molecular weight excluding hydrogens is 254 g/mol.